The number of carbonyl (C=O) groups is 1. The van der Waals surface area contributed by atoms with E-state index < -0.39 is 10.0 Å². The fraction of sp³-hybridized carbons (Fsp3) is 0.294. The van der Waals surface area contributed by atoms with Crippen molar-refractivity contribution in [3.63, 3.8) is 0 Å². The smallest absolute Gasteiger partial charge is 0.251 e. The second-order valence-corrected chi connectivity index (χ2v) is 6.98. The molecule has 0 aliphatic carbocycles. The van der Waals surface area contributed by atoms with Gasteiger partial charge in [-0.25, -0.2) is 18.5 Å². The number of benzene rings is 1. The Balaban J connectivity index is 1.86. The predicted molar refractivity (Wildman–Crippen MR) is 95.5 cm³/mol. The van der Waals surface area contributed by atoms with Gasteiger partial charge >= 0.3 is 0 Å². The number of hydrogen-bond donors (Lipinski definition) is 2. The van der Waals surface area contributed by atoms with Gasteiger partial charge in [0.25, 0.3) is 5.91 Å². The Morgan fingerprint density at radius 1 is 1.19 bits per heavy atom. The van der Waals surface area contributed by atoms with E-state index in [1.54, 1.807) is 31.4 Å². The zero-order valence-corrected chi connectivity index (χ0v) is 15.2. The summed E-state index contributed by atoms with van der Waals surface area (Å²) in [6, 6.07) is 9.38. The number of nitrogens with zero attached hydrogens (tertiary/aromatic N) is 1. The third-order valence-electron chi connectivity index (χ3n) is 3.49. The van der Waals surface area contributed by atoms with Crippen LogP contribution in [0, 0.1) is 0 Å². The minimum absolute atomic E-state index is 0.0584. The lowest BCUT2D eigenvalue weighted by Crippen LogP contribution is -2.25. The quantitative estimate of drug-likeness (QED) is 0.620. The topological polar surface area (TPSA) is 121 Å². The molecule has 0 radical (unpaired) electrons. The van der Waals surface area contributed by atoms with E-state index in [9.17, 15) is 13.2 Å². The molecule has 140 valence electrons. The van der Waals surface area contributed by atoms with Gasteiger partial charge in [-0.05, 0) is 30.2 Å². The van der Waals surface area contributed by atoms with E-state index in [0.29, 0.717) is 37.6 Å². The van der Waals surface area contributed by atoms with Crippen LogP contribution in [0.5, 0.6) is 5.88 Å². The fourth-order valence-corrected chi connectivity index (χ4v) is 2.64. The average Bonchev–Trinajstić information content (AvgIpc) is 2.62. The molecule has 1 aromatic heterocycles. The lowest BCUT2D eigenvalue weighted by Gasteiger charge is -2.08. The molecule has 8 nitrogen and oxygen atoms in total. The predicted octanol–water partition coefficient (Wildman–Crippen LogP) is 0.727. The maximum atomic E-state index is 12.2. The van der Waals surface area contributed by atoms with Crippen LogP contribution in [0.15, 0.2) is 47.5 Å². The average molecular weight is 379 g/mol. The van der Waals surface area contributed by atoms with Gasteiger partial charge in [-0.2, -0.15) is 0 Å². The molecule has 0 bridgehead atoms. The van der Waals surface area contributed by atoms with Gasteiger partial charge in [0, 0.05) is 31.5 Å². The Morgan fingerprint density at radius 2 is 1.92 bits per heavy atom. The molecule has 0 aliphatic rings. The van der Waals surface area contributed by atoms with Gasteiger partial charge in [-0.15, -0.1) is 0 Å². The van der Waals surface area contributed by atoms with Gasteiger partial charge in [-0.3, -0.25) is 4.79 Å². The molecule has 0 saturated heterocycles. The first-order valence-electron chi connectivity index (χ1n) is 7.88. The number of nitrogens with two attached hydrogens (primary N) is 1. The van der Waals surface area contributed by atoms with Crippen molar-refractivity contribution in [2.24, 2.45) is 5.14 Å². The van der Waals surface area contributed by atoms with E-state index in [2.05, 4.69) is 10.3 Å². The molecule has 0 unspecified atom stereocenters. The number of sulfonamides is 1. The Kier molecular flexibility index (Phi) is 7.07. The van der Waals surface area contributed by atoms with Crippen LogP contribution >= 0.6 is 0 Å². The molecule has 1 aromatic carbocycles. The van der Waals surface area contributed by atoms with Crippen molar-refractivity contribution in [2.45, 2.75) is 11.3 Å². The molecule has 1 amide bonds. The zero-order valence-electron chi connectivity index (χ0n) is 14.3. The number of pyridine rings is 1. The molecule has 1 heterocycles. The van der Waals surface area contributed by atoms with E-state index in [1.807, 2.05) is 0 Å². The number of nitrogens with one attached hydrogen (secondary N) is 1. The fourth-order valence-electron chi connectivity index (χ4n) is 2.13. The number of methoxy groups -OCH3 is 1. The summed E-state index contributed by atoms with van der Waals surface area (Å²) in [5.74, 6) is 0.110. The monoisotopic (exact) mass is 379 g/mol. The Labute approximate surface area is 152 Å². The van der Waals surface area contributed by atoms with Gasteiger partial charge in [-0.1, -0.05) is 12.1 Å². The number of primary sulfonamides is 1. The summed E-state index contributed by atoms with van der Waals surface area (Å²) in [6.45, 7) is 1.18. The largest absolute Gasteiger partial charge is 0.475 e. The van der Waals surface area contributed by atoms with Crippen molar-refractivity contribution < 1.29 is 22.7 Å². The highest BCUT2D eigenvalue weighted by Crippen LogP contribution is 2.10. The summed E-state index contributed by atoms with van der Waals surface area (Å²) in [5.41, 5.74) is 1.33. The molecule has 0 fully saturated rings. The van der Waals surface area contributed by atoms with Crippen molar-refractivity contribution >= 4 is 15.9 Å². The number of ether oxygens (including phenoxy) is 2. The first kappa shape index (κ1) is 19.8. The molecule has 9 heteroatoms. The van der Waals surface area contributed by atoms with Crippen molar-refractivity contribution in [3.05, 3.63) is 53.7 Å². The lowest BCUT2D eigenvalue weighted by molar-refractivity contribution is 0.0953. The molecule has 0 aliphatic heterocycles. The van der Waals surface area contributed by atoms with Crippen molar-refractivity contribution in [2.75, 3.05) is 26.9 Å². The van der Waals surface area contributed by atoms with Crippen molar-refractivity contribution in [1.82, 2.24) is 10.3 Å². The first-order chi connectivity index (χ1) is 12.4. The molecular weight excluding hydrogens is 358 g/mol. The minimum Gasteiger partial charge on any atom is -0.475 e. The van der Waals surface area contributed by atoms with Gasteiger partial charge < -0.3 is 14.8 Å². The second-order valence-electron chi connectivity index (χ2n) is 5.42. The summed E-state index contributed by atoms with van der Waals surface area (Å²) >= 11 is 0. The Morgan fingerprint density at radius 3 is 2.58 bits per heavy atom. The molecule has 2 rings (SSSR count). The highest BCUT2D eigenvalue weighted by atomic mass is 32.2. The van der Waals surface area contributed by atoms with E-state index >= 15 is 0 Å². The maximum Gasteiger partial charge on any atom is 0.251 e. The summed E-state index contributed by atoms with van der Waals surface area (Å²) in [4.78, 5) is 16.3. The lowest BCUT2D eigenvalue weighted by atomic mass is 10.1. The van der Waals surface area contributed by atoms with E-state index in [4.69, 9.17) is 14.6 Å². The normalized spacial score (nSPS) is 11.2. The minimum atomic E-state index is -3.70. The molecule has 0 atom stereocenters. The van der Waals surface area contributed by atoms with Crippen LogP contribution in [0.3, 0.4) is 0 Å². The molecule has 0 saturated carbocycles. The molecule has 0 spiro atoms. The van der Waals surface area contributed by atoms with Gasteiger partial charge in [0.2, 0.25) is 15.9 Å². The Bertz CT molecular complexity index is 838. The Hall–Kier alpha value is -2.49. The van der Waals surface area contributed by atoms with Crippen LogP contribution in [0.2, 0.25) is 0 Å². The number of carbonyl (C=O) groups excluding carboxylic acids is 1. The summed E-state index contributed by atoms with van der Waals surface area (Å²) in [7, 11) is -2.13. The zero-order chi connectivity index (χ0) is 19.0. The third kappa shape index (κ3) is 6.10. The van der Waals surface area contributed by atoms with E-state index in [-0.39, 0.29) is 10.8 Å². The van der Waals surface area contributed by atoms with Crippen LogP contribution in [-0.4, -0.2) is 46.2 Å². The highest BCUT2D eigenvalue weighted by molar-refractivity contribution is 7.89. The number of rotatable bonds is 9. The second kappa shape index (κ2) is 9.27. The summed E-state index contributed by atoms with van der Waals surface area (Å²) in [6.07, 6.45) is 2.06. The molecule has 2 aromatic rings. The van der Waals surface area contributed by atoms with Crippen molar-refractivity contribution in [3.8, 4) is 5.88 Å². The number of amides is 1. The number of hydrogen-bond acceptors (Lipinski definition) is 6. The standard InChI is InChI=1S/C17H21N3O5S/c1-24-10-11-25-16-12-14(7-9-19-16)17(21)20-8-6-13-2-4-15(5-3-13)26(18,22)23/h2-5,7,9,12H,6,8,10-11H2,1H3,(H,20,21)(H2,18,22,23). The van der Waals surface area contributed by atoms with Crippen LogP contribution in [0.1, 0.15) is 15.9 Å². The molecule has 3 N–H and O–H groups in total. The van der Waals surface area contributed by atoms with E-state index in [1.165, 1.54) is 18.3 Å². The summed E-state index contributed by atoms with van der Waals surface area (Å²) < 4.78 is 32.7. The third-order valence-corrected chi connectivity index (χ3v) is 4.41. The van der Waals surface area contributed by atoms with Crippen LogP contribution in [-0.2, 0) is 21.2 Å². The van der Waals surface area contributed by atoms with Crippen LogP contribution in [0.25, 0.3) is 0 Å². The van der Waals surface area contributed by atoms with Gasteiger partial charge in [0.05, 0.1) is 11.5 Å². The van der Waals surface area contributed by atoms with Crippen LogP contribution < -0.4 is 15.2 Å². The number of aromatic nitrogens is 1. The molecular formula is C17H21N3O5S. The van der Waals surface area contributed by atoms with Gasteiger partial charge in [0.15, 0.2) is 0 Å². The van der Waals surface area contributed by atoms with E-state index in [0.717, 1.165) is 5.56 Å². The summed E-state index contributed by atoms with van der Waals surface area (Å²) in [5, 5.41) is 7.85. The maximum absolute atomic E-state index is 12.2. The molecule has 26 heavy (non-hydrogen) atoms. The highest BCUT2D eigenvalue weighted by Gasteiger charge is 2.09. The van der Waals surface area contributed by atoms with Gasteiger partial charge in [0.1, 0.15) is 6.61 Å². The first-order valence-corrected chi connectivity index (χ1v) is 9.42. The SMILES string of the molecule is COCCOc1cc(C(=O)NCCc2ccc(S(N)(=O)=O)cc2)ccn1. The van der Waals surface area contributed by atoms with Crippen LogP contribution in [0.4, 0.5) is 0 Å². The van der Waals surface area contributed by atoms with Crippen molar-refractivity contribution in [1.29, 1.82) is 0 Å².